The Bertz CT molecular complexity index is 554. The van der Waals surface area contributed by atoms with E-state index in [2.05, 4.69) is 11.1 Å². The Morgan fingerprint density at radius 3 is 2.82 bits per heavy atom. The number of hydrogen-bond donors (Lipinski definition) is 1. The van der Waals surface area contributed by atoms with Crippen LogP contribution in [0.15, 0.2) is 46.3 Å². The zero-order chi connectivity index (χ0) is 11.7. The van der Waals surface area contributed by atoms with Crippen molar-refractivity contribution in [1.29, 1.82) is 0 Å². The lowest BCUT2D eigenvalue weighted by molar-refractivity contribution is 0.462. The van der Waals surface area contributed by atoms with Gasteiger partial charge in [-0.2, -0.15) is 0 Å². The summed E-state index contributed by atoms with van der Waals surface area (Å²) in [6.07, 6.45) is 3.46. The van der Waals surface area contributed by atoms with Crippen LogP contribution in [0.4, 0.5) is 0 Å². The topological polar surface area (TPSA) is 33.1 Å². The van der Waals surface area contributed by atoms with Crippen molar-refractivity contribution in [2.75, 3.05) is 0 Å². The minimum Gasteiger partial charge on any atom is -0.507 e. The number of fused-ring (bicyclic) bond motifs is 1. The lowest BCUT2D eigenvalue weighted by Gasteiger charge is -2.05. The lowest BCUT2D eigenvalue weighted by atomic mass is 10.2. The van der Waals surface area contributed by atoms with Crippen LogP contribution in [0.2, 0.25) is 0 Å². The summed E-state index contributed by atoms with van der Waals surface area (Å²) in [6, 6.07) is 11.6. The molecular weight excluding hydrogens is 230 g/mol. The van der Waals surface area contributed by atoms with Crippen molar-refractivity contribution in [3.63, 3.8) is 0 Å². The van der Waals surface area contributed by atoms with Gasteiger partial charge in [-0.25, -0.2) is 4.98 Å². The van der Waals surface area contributed by atoms with Crippen molar-refractivity contribution in [2.45, 2.75) is 29.2 Å². The van der Waals surface area contributed by atoms with Gasteiger partial charge in [-0.1, -0.05) is 30.0 Å². The van der Waals surface area contributed by atoms with Crippen LogP contribution in [0.3, 0.4) is 0 Å². The molecule has 1 N–H and O–H groups in total. The van der Waals surface area contributed by atoms with E-state index >= 15 is 0 Å². The van der Waals surface area contributed by atoms with Crippen LogP contribution in [0.1, 0.15) is 17.7 Å². The Kier molecular flexibility index (Phi) is 2.77. The lowest BCUT2D eigenvalue weighted by Crippen LogP contribution is -1.89. The molecule has 0 atom stereocenters. The minimum absolute atomic E-state index is 0.319. The van der Waals surface area contributed by atoms with Gasteiger partial charge in [0.15, 0.2) is 0 Å². The number of aryl methyl sites for hydroxylation is 2. The normalized spacial score (nSPS) is 13.6. The molecule has 0 radical (unpaired) electrons. The van der Waals surface area contributed by atoms with E-state index in [0.29, 0.717) is 5.75 Å². The Hall–Kier alpha value is -1.48. The molecule has 0 saturated carbocycles. The molecule has 86 valence electrons. The smallest absolute Gasteiger partial charge is 0.129 e. The SMILES string of the molecule is Oc1ccccc1Sc1ccc2c(n1)CCC2. The Morgan fingerprint density at radius 1 is 1.06 bits per heavy atom. The quantitative estimate of drug-likeness (QED) is 0.877. The second kappa shape index (κ2) is 4.41. The highest BCUT2D eigenvalue weighted by atomic mass is 32.2. The van der Waals surface area contributed by atoms with Crippen LogP contribution >= 0.6 is 11.8 Å². The molecule has 1 heterocycles. The molecule has 17 heavy (non-hydrogen) atoms. The Labute approximate surface area is 105 Å². The predicted octanol–water partition coefficient (Wildman–Crippen LogP) is 3.43. The number of phenolic OH excluding ortho intramolecular Hbond substituents is 1. The molecule has 1 aliphatic carbocycles. The first kappa shape index (κ1) is 10.7. The van der Waals surface area contributed by atoms with Gasteiger partial charge in [0, 0.05) is 5.69 Å². The summed E-state index contributed by atoms with van der Waals surface area (Å²) in [5.74, 6) is 0.319. The molecule has 0 unspecified atom stereocenters. The fourth-order valence-electron chi connectivity index (χ4n) is 2.11. The van der Waals surface area contributed by atoms with Gasteiger partial charge in [0.25, 0.3) is 0 Å². The largest absolute Gasteiger partial charge is 0.507 e. The Balaban J connectivity index is 1.89. The van der Waals surface area contributed by atoms with E-state index in [9.17, 15) is 5.11 Å². The zero-order valence-electron chi connectivity index (χ0n) is 9.39. The fourth-order valence-corrected chi connectivity index (χ4v) is 2.95. The van der Waals surface area contributed by atoms with E-state index in [1.807, 2.05) is 24.3 Å². The number of phenols is 1. The number of benzene rings is 1. The van der Waals surface area contributed by atoms with Gasteiger partial charge in [0.05, 0.1) is 4.90 Å². The van der Waals surface area contributed by atoms with Crippen molar-refractivity contribution in [2.24, 2.45) is 0 Å². The molecule has 0 amide bonds. The molecule has 1 aromatic carbocycles. The van der Waals surface area contributed by atoms with Crippen LogP contribution in [0.5, 0.6) is 5.75 Å². The van der Waals surface area contributed by atoms with E-state index < -0.39 is 0 Å². The molecule has 0 bridgehead atoms. The first-order chi connectivity index (χ1) is 8.33. The van der Waals surface area contributed by atoms with Gasteiger partial charge in [-0.15, -0.1) is 0 Å². The van der Waals surface area contributed by atoms with Gasteiger partial charge in [-0.3, -0.25) is 0 Å². The third-order valence-electron chi connectivity index (χ3n) is 2.98. The monoisotopic (exact) mass is 243 g/mol. The highest BCUT2D eigenvalue weighted by molar-refractivity contribution is 7.99. The molecule has 0 aliphatic heterocycles. The summed E-state index contributed by atoms with van der Waals surface area (Å²) in [7, 11) is 0. The maximum Gasteiger partial charge on any atom is 0.129 e. The predicted molar refractivity (Wildman–Crippen MR) is 68.5 cm³/mol. The maximum atomic E-state index is 9.72. The third-order valence-corrected chi connectivity index (χ3v) is 3.98. The zero-order valence-corrected chi connectivity index (χ0v) is 10.2. The van der Waals surface area contributed by atoms with E-state index in [1.165, 1.54) is 29.4 Å². The van der Waals surface area contributed by atoms with Crippen LogP contribution in [0, 0.1) is 0 Å². The van der Waals surface area contributed by atoms with E-state index in [0.717, 1.165) is 22.8 Å². The van der Waals surface area contributed by atoms with Gasteiger partial charge in [-0.05, 0) is 43.0 Å². The molecule has 0 spiro atoms. The van der Waals surface area contributed by atoms with Crippen LogP contribution in [-0.2, 0) is 12.8 Å². The minimum atomic E-state index is 0.319. The average molecular weight is 243 g/mol. The van der Waals surface area contributed by atoms with Gasteiger partial charge >= 0.3 is 0 Å². The van der Waals surface area contributed by atoms with E-state index in [4.69, 9.17) is 0 Å². The van der Waals surface area contributed by atoms with Crippen molar-refractivity contribution in [3.05, 3.63) is 47.7 Å². The van der Waals surface area contributed by atoms with Crippen LogP contribution in [-0.4, -0.2) is 10.1 Å². The summed E-state index contributed by atoms with van der Waals surface area (Å²) in [6.45, 7) is 0. The van der Waals surface area contributed by atoms with Gasteiger partial charge < -0.3 is 5.11 Å². The van der Waals surface area contributed by atoms with E-state index in [-0.39, 0.29) is 0 Å². The standard InChI is InChI=1S/C14H13NOS/c16-12-6-1-2-7-13(12)17-14-9-8-10-4-3-5-11(10)15-14/h1-2,6-9,16H,3-5H2. The molecular formula is C14H13NOS. The number of pyridine rings is 1. The fraction of sp³-hybridized carbons (Fsp3) is 0.214. The van der Waals surface area contributed by atoms with Crippen LogP contribution in [0.25, 0.3) is 0 Å². The highest BCUT2D eigenvalue weighted by Crippen LogP contribution is 2.34. The van der Waals surface area contributed by atoms with Crippen LogP contribution < -0.4 is 0 Å². The summed E-state index contributed by atoms with van der Waals surface area (Å²) in [4.78, 5) is 5.50. The number of para-hydroxylation sites is 1. The second-order valence-electron chi connectivity index (χ2n) is 4.18. The summed E-state index contributed by atoms with van der Waals surface area (Å²) in [5, 5.41) is 10.7. The van der Waals surface area contributed by atoms with Gasteiger partial charge in [0.2, 0.25) is 0 Å². The average Bonchev–Trinajstić information content (AvgIpc) is 2.79. The van der Waals surface area contributed by atoms with Crippen molar-refractivity contribution in [3.8, 4) is 5.75 Å². The second-order valence-corrected chi connectivity index (χ2v) is 5.24. The molecule has 2 aromatic rings. The summed E-state index contributed by atoms with van der Waals surface area (Å²) >= 11 is 1.52. The summed E-state index contributed by atoms with van der Waals surface area (Å²) in [5.41, 5.74) is 2.61. The number of hydrogen-bond acceptors (Lipinski definition) is 3. The molecule has 0 fully saturated rings. The van der Waals surface area contributed by atoms with Gasteiger partial charge in [0.1, 0.15) is 10.8 Å². The number of aromatic hydroxyl groups is 1. The van der Waals surface area contributed by atoms with Crippen molar-refractivity contribution >= 4 is 11.8 Å². The molecule has 2 nitrogen and oxygen atoms in total. The molecule has 0 saturated heterocycles. The molecule has 1 aromatic heterocycles. The summed E-state index contributed by atoms with van der Waals surface area (Å²) < 4.78 is 0. The highest BCUT2D eigenvalue weighted by Gasteiger charge is 2.13. The first-order valence-corrected chi connectivity index (χ1v) is 6.59. The number of nitrogens with zero attached hydrogens (tertiary/aromatic N) is 1. The Morgan fingerprint density at radius 2 is 1.94 bits per heavy atom. The number of aromatic nitrogens is 1. The molecule has 3 rings (SSSR count). The molecule has 1 aliphatic rings. The third kappa shape index (κ3) is 2.15. The molecule has 3 heteroatoms. The van der Waals surface area contributed by atoms with E-state index in [1.54, 1.807) is 6.07 Å². The van der Waals surface area contributed by atoms with Crippen molar-refractivity contribution in [1.82, 2.24) is 4.98 Å². The first-order valence-electron chi connectivity index (χ1n) is 5.77. The maximum absolute atomic E-state index is 9.72. The van der Waals surface area contributed by atoms with Crippen molar-refractivity contribution < 1.29 is 5.11 Å². The number of rotatable bonds is 2.